The van der Waals surface area contributed by atoms with Crippen molar-refractivity contribution < 1.29 is 36.9 Å². The molecule has 2 aromatic rings. The van der Waals surface area contributed by atoms with Crippen LogP contribution in [0.3, 0.4) is 0 Å². The van der Waals surface area contributed by atoms with Crippen LogP contribution in [0.25, 0.3) is 0 Å². The van der Waals surface area contributed by atoms with Crippen molar-refractivity contribution in [3.8, 4) is 11.5 Å². The van der Waals surface area contributed by atoms with Crippen LogP contribution in [0.1, 0.15) is 22.3 Å². The smallest absolute Gasteiger partial charge is 0.291 e. The van der Waals surface area contributed by atoms with Crippen molar-refractivity contribution >= 4 is 5.91 Å². The molecule has 2 N–H and O–H groups in total. The number of carbonyl (C=O) groups excluding carboxylic acids is 1. The number of hydrogen-bond acceptors (Lipinski definition) is 5. The molecule has 0 bridgehead atoms. The molecule has 6 nitrogen and oxygen atoms in total. The summed E-state index contributed by atoms with van der Waals surface area (Å²) in [5, 5.41) is 10.2. The van der Waals surface area contributed by atoms with Crippen molar-refractivity contribution in [2.24, 2.45) is 0 Å². The van der Waals surface area contributed by atoms with Crippen LogP contribution in [0.4, 0.5) is 17.6 Å². The van der Waals surface area contributed by atoms with E-state index in [-0.39, 0.29) is 17.2 Å². The molecule has 30 heavy (non-hydrogen) atoms. The number of hydrogen-bond donors (Lipinski definition) is 2. The number of alkyl halides is 2. The number of carbonyl (C=O) groups is 1. The van der Waals surface area contributed by atoms with Gasteiger partial charge in [-0.15, -0.1) is 0 Å². The molecule has 0 aromatic heterocycles. The Balaban J connectivity index is 1.70. The van der Waals surface area contributed by atoms with Gasteiger partial charge in [-0.05, 0) is 42.0 Å². The number of benzene rings is 2. The van der Waals surface area contributed by atoms with Gasteiger partial charge >= 0.3 is 0 Å². The lowest BCUT2D eigenvalue weighted by molar-refractivity contribution is -0.168. The molecule has 3 rings (SSSR count). The van der Waals surface area contributed by atoms with E-state index < -0.39 is 36.3 Å². The van der Waals surface area contributed by atoms with Crippen molar-refractivity contribution in [2.75, 3.05) is 7.11 Å². The lowest BCUT2D eigenvalue weighted by atomic mass is 10.1. The Morgan fingerprint density at radius 2 is 1.73 bits per heavy atom. The van der Waals surface area contributed by atoms with Gasteiger partial charge in [-0.1, -0.05) is 12.1 Å². The molecular formula is C20H18F4N2O4. The highest BCUT2D eigenvalue weighted by Crippen LogP contribution is 2.35. The van der Waals surface area contributed by atoms with Gasteiger partial charge in [0.05, 0.1) is 13.5 Å². The molecule has 1 atom stereocenters. The van der Waals surface area contributed by atoms with Gasteiger partial charge in [0, 0.05) is 5.56 Å². The zero-order valence-electron chi connectivity index (χ0n) is 15.7. The molecule has 1 fully saturated rings. The average Bonchev–Trinajstić information content (AvgIpc) is 3.12. The maximum atomic E-state index is 13.3. The summed E-state index contributed by atoms with van der Waals surface area (Å²) in [6, 6.07) is 12.6. The highest BCUT2D eigenvalue weighted by Gasteiger charge is 2.53. The topological polar surface area (TPSA) is 71.0 Å². The van der Waals surface area contributed by atoms with Gasteiger partial charge in [0.1, 0.15) is 23.8 Å². The Morgan fingerprint density at radius 3 is 2.27 bits per heavy atom. The monoisotopic (exact) mass is 426 g/mol. The minimum atomic E-state index is -3.46. The molecule has 0 aliphatic carbocycles. The van der Waals surface area contributed by atoms with E-state index in [0.717, 1.165) is 0 Å². The molecule has 1 saturated heterocycles. The molecule has 1 aliphatic rings. The first kappa shape index (κ1) is 21.4. The minimum absolute atomic E-state index is 0.0738. The van der Waals surface area contributed by atoms with E-state index in [9.17, 15) is 27.5 Å². The first-order valence-electron chi connectivity index (χ1n) is 8.76. The molecule has 1 unspecified atom stereocenters. The predicted octanol–water partition coefficient (Wildman–Crippen LogP) is 3.69. The summed E-state index contributed by atoms with van der Waals surface area (Å²) in [6.45, 7) is 0.170. The van der Waals surface area contributed by atoms with Crippen LogP contribution in [0.2, 0.25) is 0 Å². The van der Waals surface area contributed by atoms with E-state index in [1.807, 2.05) is 5.43 Å². The predicted molar refractivity (Wildman–Crippen MR) is 97.9 cm³/mol. The van der Waals surface area contributed by atoms with E-state index in [2.05, 4.69) is 0 Å². The number of aliphatic hydroxyl groups is 1. The summed E-state index contributed by atoms with van der Waals surface area (Å²) in [5.74, 6) is 0.193. The van der Waals surface area contributed by atoms with Gasteiger partial charge in [0.15, 0.2) is 0 Å². The molecule has 1 aliphatic heterocycles. The molecule has 160 valence electrons. The Labute approximate surface area is 169 Å². The Hall–Kier alpha value is -3.27. The maximum Gasteiger partial charge on any atom is 0.291 e. The van der Waals surface area contributed by atoms with Crippen LogP contribution >= 0.6 is 0 Å². The van der Waals surface area contributed by atoms with Gasteiger partial charge in [-0.2, -0.15) is 8.78 Å². The Bertz CT molecular complexity index is 931. The van der Waals surface area contributed by atoms with Gasteiger partial charge in [-0.25, -0.2) is 13.8 Å². The van der Waals surface area contributed by atoms with E-state index in [1.54, 1.807) is 31.4 Å². The third kappa shape index (κ3) is 4.33. The number of nitrogens with zero attached hydrogens (tertiary/aromatic N) is 1. The summed E-state index contributed by atoms with van der Waals surface area (Å²) in [5.41, 5.74) is -1.53. The van der Waals surface area contributed by atoms with E-state index >= 15 is 0 Å². The molecule has 0 radical (unpaired) electrons. The summed E-state index contributed by atoms with van der Waals surface area (Å²) in [4.78, 5) is 12.5. The summed E-state index contributed by atoms with van der Waals surface area (Å²) < 4.78 is 62.8. The number of ether oxygens (including phenoxy) is 2. The van der Waals surface area contributed by atoms with Gasteiger partial charge in [0.2, 0.25) is 5.72 Å². The summed E-state index contributed by atoms with van der Waals surface area (Å²) in [6.07, 6.45) is -6.84. The molecule has 10 heteroatoms. The lowest BCUT2D eigenvalue weighted by Crippen LogP contribution is -2.55. The number of methoxy groups -OCH3 is 1. The summed E-state index contributed by atoms with van der Waals surface area (Å²) in [7, 11) is 1.55. The number of amides is 1. The van der Waals surface area contributed by atoms with Gasteiger partial charge in [0.25, 0.3) is 18.4 Å². The number of nitrogens with one attached hydrogen (secondary N) is 1. The van der Waals surface area contributed by atoms with Gasteiger partial charge in [-0.3, -0.25) is 10.2 Å². The first-order valence-corrected chi connectivity index (χ1v) is 8.76. The van der Waals surface area contributed by atoms with E-state index in [1.165, 1.54) is 24.3 Å². The van der Waals surface area contributed by atoms with Crippen LogP contribution in [-0.4, -0.2) is 35.3 Å². The Kier molecular flexibility index (Phi) is 6.16. The average molecular weight is 426 g/mol. The van der Waals surface area contributed by atoms with Gasteiger partial charge < -0.3 is 14.6 Å². The zero-order valence-corrected chi connectivity index (χ0v) is 15.7. The third-order valence-electron chi connectivity index (χ3n) is 4.52. The number of hydrazine groups is 1. The first-order chi connectivity index (χ1) is 14.2. The maximum absolute atomic E-state index is 13.3. The van der Waals surface area contributed by atoms with Crippen LogP contribution in [0, 0.1) is 0 Å². The fourth-order valence-corrected chi connectivity index (χ4v) is 2.83. The second-order valence-electron chi connectivity index (χ2n) is 6.51. The highest BCUT2D eigenvalue weighted by molar-refractivity contribution is 5.94. The van der Waals surface area contributed by atoms with Crippen molar-refractivity contribution in [3.05, 3.63) is 71.4 Å². The second kappa shape index (κ2) is 8.62. The molecule has 1 amide bonds. The largest absolute Gasteiger partial charge is 0.497 e. The third-order valence-corrected chi connectivity index (χ3v) is 4.52. The van der Waals surface area contributed by atoms with Crippen LogP contribution in [0.5, 0.6) is 11.5 Å². The van der Waals surface area contributed by atoms with Crippen molar-refractivity contribution in [1.82, 2.24) is 10.4 Å². The molecule has 1 heterocycles. The van der Waals surface area contributed by atoms with Crippen LogP contribution in [0.15, 0.2) is 60.3 Å². The highest BCUT2D eigenvalue weighted by atomic mass is 19.3. The fourth-order valence-electron chi connectivity index (χ4n) is 2.83. The Morgan fingerprint density at radius 1 is 1.13 bits per heavy atom. The fraction of sp³-hybridized carbons (Fsp3) is 0.250. The van der Waals surface area contributed by atoms with Crippen molar-refractivity contribution in [3.63, 3.8) is 0 Å². The summed E-state index contributed by atoms with van der Waals surface area (Å²) >= 11 is 0. The van der Waals surface area contributed by atoms with Crippen molar-refractivity contribution in [2.45, 2.75) is 25.2 Å². The molecule has 0 spiro atoms. The molecule has 0 saturated carbocycles. The number of halogens is 4. The van der Waals surface area contributed by atoms with Crippen molar-refractivity contribution in [1.29, 1.82) is 0 Å². The number of rotatable bonds is 6. The standard InChI is InChI=1S/C20H18F4N2O4/c1-29-14-6-8-15(9-7-14)30-11-12-2-4-13(5-3-12)18(27)26-20(28,19(23)24)10-16(25-26)17(21)22/h2-9,19,25,28H,10-11H2,1H3. The van der Waals surface area contributed by atoms with E-state index in [4.69, 9.17) is 9.47 Å². The van der Waals surface area contributed by atoms with E-state index in [0.29, 0.717) is 17.1 Å². The molecular weight excluding hydrogens is 408 g/mol. The lowest BCUT2D eigenvalue weighted by Gasteiger charge is -2.31. The zero-order chi connectivity index (χ0) is 21.9. The van der Waals surface area contributed by atoms with Crippen LogP contribution in [-0.2, 0) is 6.61 Å². The quantitative estimate of drug-likeness (QED) is 0.690. The minimum Gasteiger partial charge on any atom is -0.497 e. The SMILES string of the molecule is COc1ccc(OCc2ccc(C(=O)N3NC(=C(F)F)CC3(O)C(F)F)cc2)cc1. The normalized spacial score (nSPS) is 18.4. The van der Waals surface area contributed by atoms with Crippen LogP contribution < -0.4 is 14.9 Å². The molecule has 2 aromatic carbocycles. The second-order valence-corrected chi connectivity index (χ2v) is 6.51.